The molecule has 5 rings (SSSR count). The zero-order valence-corrected chi connectivity index (χ0v) is 19.1. The van der Waals surface area contributed by atoms with E-state index in [-0.39, 0.29) is 5.82 Å². The lowest BCUT2D eigenvalue weighted by molar-refractivity contribution is 0.0706. The molecule has 1 fully saturated rings. The Morgan fingerprint density at radius 1 is 1.12 bits per heavy atom. The Hall–Kier alpha value is -3.07. The van der Waals surface area contributed by atoms with Crippen LogP contribution in [0.3, 0.4) is 0 Å². The average Bonchev–Trinajstić information content (AvgIpc) is 3.52. The summed E-state index contributed by atoms with van der Waals surface area (Å²) >= 11 is 0. The van der Waals surface area contributed by atoms with Crippen LogP contribution in [0, 0.1) is 5.82 Å². The highest BCUT2D eigenvalue weighted by atomic mass is 19.1. The number of aryl methyl sites for hydroxylation is 1. The van der Waals surface area contributed by atoms with Crippen LogP contribution in [0.25, 0.3) is 0 Å². The molecule has 1 aliphatic heterocycles. The van der Waals surface area contributed by atoms with Gasteiger partial charge in [0.1, 0.15) is 11.6 Å². The fourth-order valence-corrected chi connectivity index (χ4v) is 4.77. The summed E-state index contributed by atoms with van der Waals surface area (Å²) in [4.78, 5) is 18.7. The summed E-state index contributed by atoms with van der Waals surface area (Å²) in [6.07, 6.45) is 5.23. The second-order valence-electron chi connectivity index (χ2n) is 9.24. The van der Waals surface area contributed by atoms with Gasteiger partial charge in [-0.1, -0.05) is 24.3 Å². The van der Waals surface area contributed by atoms with E-state index < -0.39 is 5.91 Å². The minimum atomic E-state index is -0.491. The molecule has 1 aliphatic carbocycles. The first kappa shape index (κ1) is 22.7. The van der Waals surface area contributed by atoms with Crippen LogP contribution < -0.4 is 10.8 Å². The number of amides is 1. The molecule has 0 bridgehead atoms. The predicted molar refractivity (Wildman–Crippen MR) is 126 cm³/mol. The molecule has 0 radical (unpaired) electrons. The molecule has 1 amide bonds. The van der Waals surface area contributed by atoms with Crippen molar-refractivity contribution in [2.75, 3.05) is 13.1 Å². The molecule has 7 nitrogen and oxygen atoms in total. The van der Waals surface area contributed by atoms with Crippen LogP contribution in [0.5, 0.6) is 0 Å². The largest absolute Gasteiger partial charge is 0.332 e. The lowest BCUT2D eigenvalue weighted by Gasteiger charge is -2.27. The van der Waals surface area contributed by atoms with Gasteiger partial charge in [-0.05, 0) is 61.2 Å². The zero-order chi connectivity index (χ0) is 23.5. The zero-order valence-electron chi connectivity index (χ0n) is 19.1. The number of halogens is 1. The van der Waals surface area contributed by atoms with Crippen molar-refractivity contribution in [2.45, 2.75) is 50.9 Å². The van der Waals surface area contributed by atoms with Crippen LogP contribution in [0.2, 0.25) is 0 Å². The highest BCUT2D eigenvalue weighted by Crippen LogP contribution is 2.40. The van der Waals surface area contributed by atoms with Crippen molar-refractivity contribution in [3.05, 3.63) is 88.8 Å². The maximum Gasteiger partial charge on any atom is 0.274 e. The molecular formula is C26H30FN5O2. The van der Waals surface area contributed by atoms with Crippen LogP contribution in [-0.2, 0) is 26.1 Å². The minimum absolute atomic E-state index is 0.185. The molecule has 2 aliphatic rings. The van der Waals surface area contributed by atoms with E-state index in [0.29, 0.717) is 17.5 Å². The summed E-state index contributed by atoms with van der Waals surface area (Å²) in [5, 5.41) is 12.3. The van der Waals surface area contributed by atoms with E-state index in [9.17, 15) is 9.18 Å². The third-order valence-electron chi connectivity index (χ3n) is 6.82. The molecule has 178 valence electrons. The molecule has 1 aromatic heterocycles. The van der Waals surface area contributed by atoms with Crippen LogP contribution in [0.4, 0.5) is 4.39 Å². The van der Waals surface area contributed by atoms with Crippen molar-refractivity contribution in [3.8, 4) is 0 Å². The molecule has 2 unspecified atom stereocenters. The van der Waals surface area contributed by atoms with Crippen molar-refractivity contribution in [1.82, 2.24) is 25.2 Å². The maximum atomic E-state index is 13.1. The predicted octanol–water partition coefficient (Wildman–Crippen LogP) is 3.24. The number of carbonyl (C=O) groups is 1. The number of nitrogens with one attached hydrogen (secondary N) is 2. The van der Waals surface area contributed by atoms with Gasteiger partial charge in [-0.15, -0.1) is 0 Å². The van der Waals surface area contributed by atoms with E-state index in [1.807, 2.05) is 24.3 Å². The number of nitrogens with zero attached hydrogens (tertiary/aromatic N) is 3. The third kappa shape index (κ3) is 5.35. The number of hydroxylamine groups is 1. The molecule has 2 atom stereocenters. The smallest absolute Gasteiger partial charge is 0.274 e. The van der Waals surface area contributed by atoms with E-state index in [2.05, 4.69) is 21.0 Å². The highest BCUT2D eigenvalue weighted by Gasteiger charge is 2.37. The van der Waals surface area contributed by atoms with Gasteiger partial charge in [-0.2, -0.15) is 0 Å². The van der Waals surface area contributed by atoms with Crippen LogP contribution in [-0.4, -0.2) is 44.7 Å². The Morgan fingerprint density at radius 3 is 2.68 bits per heavy atom. The number of hydrogen-bond acceptors (Lipinski definition) is 5. The van der Waals surface area contributed by atoms with Crippen molar-refractivity contribution < 1.29 is 14.4 Å². The third-order valence-corrected chi connectivity index (χ3v) is 6.82. The SMILES string of the molecule is O=C(NO)c1ccc(CCCN2CCn3cc(CNC4CC4c4ccc(F)cc4)nc3C2)cc1. The topological polar surface area (TPSA) is 82.4 Å². The van der Waals surface area contributed by atoms with Gasteiger partial charge in [0.2, 0.25) is 0 Å². The average molecular weight is 464 g/mol. The van der Waals surface area contributed by atoms with Crippen molar-refractivity contribution in [2.24, 2.45) is 0 Å². The summed E-state index contributed by atoms with van der Waals surface area (Å²) in [6, 6.07) is 14.6. The van der Waals surface area contributed by atoms with Crippen molar-refractivity contribution in [1.29, 1.82) is 0 Å². The van der Waals surface area contributed by atoms with E-state index in [1.165, 1.54) is 23.3 Å². The lowest BCUT2D eigenvalue weighted by Crippen LogP contribution is -2.34. The van der Waals surface area contributed by atoms with Crippen LogP contribution in [0.15, 0.2) is 54.7 Å². The number of imidazole rings is 1. The Kier molecular flexibility index (Phi) is 6.71. The van der Waals surface area contributed by atoms with Gasteiger partial charge in [0.25, 0.3) is 5.91 Å². The van der Waals surface area contributed by atoms with Gasteiger partial charge in [-0.25, -0.2) is 14.9 Å². The van der Waals surface area contributed by atoms with Gasteiger partial charge < -0.3 is 9.88 Å². The van der Waals surface area contributed by atoms with Crippen LogP contribution >= 0.6 is 0 Å². The summed E-state index contributed by atoms with van der Waals surface area (Å²) < 4.78 is 15.4. The Bertz CT molecular complexity index is 1130. The van der Waals surface area contributed by atoms with E-state index in [0.717, 1.165) is 63.5 Å². The van der Waals surface area contributed by atoms with E-state index in [4.69, 9.17) is 10.2 Å². The van der Waals surface area contributed by atoms with E-state index >= 15 is 0 Å². The first-order chi connectivity index (χ1) is 16.6. The van der Waals surface area contributed by atoms with Crippen molar-refractivity contribution in [3.63, 3.8) is 0 Å². The standard InChI is InChI=1S/C26H30FN5O2/c27-21-9-7-19(8-10-21)23-14-24(23)28-15-22-16-32-13-12-31(17-25(32)29-22)11-1-2-18-3-5-20(6-4-18)26(33)30-34/h3-10,16,23-24,28,34H,1-2,11-15,17H2,(H,30,33). The molecule has 3 aromatic rings. The molecule has 1 saturated carbocycles. The highest BCUT2D eigenvalue weighted by molar-refractivity contribution is 5.93. The monoisotopic (exact) mass is 463 g/mol. The molecule has 0 saturated heterocycles. The summed E-state index contributed by atoms with van der Waals surface area (Å²) in [5.74, 6) is 0.911. The number of fused-ring (bicyclic) bond motifs is 1. The summed E-state index contributed by atoms with van der Waals surface area (Å²) in [6.45, 7) is 4.58. The fourth-order valence-electron chi connectivity index (χ4n) is 4.77. The maximum absolute atomic E-state index is 13.1. The molecule has 2 heterocycles. The quantitative estimate of drug-likeness (QED) is 0.335. The van der Waals surface area contributed by atoms with Gasteiger partial charge in [0, 0.05) is 43.4 Å². The fraction of sp³-hybridized carbons (Fsp3) is 0.385. The van der Waals surface area contributed by atoms with E-state index in [1.54, 1.807) is 17.6 Å². The first-order valence-electron chi connectivity index (χ1n) is 11.9. The van der Waals surface area contributed by atoms with Gasteiger partial charge in [0.15, 0.2) is 0 Å². The number of benzene rings is 2. The lowest BCUT2D eigenvalue weighted by atomic mass is 10.1. The second-order valence-corrected chi connectivity index (χ2v) is 9.24. The van der Waals surface area contributed by atoms with Gasteiger partial charge in [0.05, 0.1) is 12.2 Å². The number of rotatable bonds is 9. The Morgan fingerprint density at radius 2 is 1.91 bits per heavy atom. The molecule has 2 aromatic carbocycles. The van der Waals surface area contributed by atoms with Gasteiger partial charge in [-0.3, -0.25) is 14.9 Å². The molecule has 34 heavy (non-hydrogen) atoms. The molecular weight excluding hydrogens is 433 g/mol. The molecule has 3 N–H and O–H groups in total. The second kappa shape index (κ2) is 10.0. The number of hydrogen-bond donors (Lipinski definition) is 3. The Balaban J connectivity index is 1.06. The van der Waals surface area contributed by atoms with Crippen molar-refractivity contribution >= 4 is 5.91 Å². The number of carbonyl (C=O) groups excluding carboxylic acids is 1. The summed E-state index contributed by atoms with van der Waals surface area (Å²) in [7, 11) is 0. The molecule has 0 spiro atoms. The molecule has 8 heteroatoms. The number of aromatic nitrogens is 2. The minimum Gasteiger partial charge on any atom is -0.332 e. The Labute approximate surface area is 198 Å². The first-order valence-corrected chi connectivity index (χ1v) is 11.9. The van der Waals surface area contributed by atoms with Crippen LogP contribution in [0.1, 0.15) is 51.8 Å². The normalized spacial score (nSPS) is 19.6. The van der Waals surface area contributed by atoms with Gasteiger partial charge >= 0.3 is 0 Å². The summed E-state index contributed by atoms with van der Waals surface area (Å²) in [5.41, 5.74) is 5.56.